The summed E-state index contributed by atoms with van der Waals surface area (Å²) >= 11 is 0. The van der Waals surface area contributed by atoms with Crippen molar-refractivity contribution >= 4 is 11.7 Å². The number of hydrogen-bond acceptors (Lipinski definition) is 8. The van der Waals surface area contributed by atoms with Crippen molar-refractivity contribution in [2.45, 2.75) is 85.4 Å². The number of ether oxygens (including phenoxy) is 1. The van der Waals surface area contributed by atoms with Crippen molar-refractivity contribution in [1.82, 2.24) is 25.0 Å². The Hall–Kier alpha value is -2.85. The Morgan fingerprint density at radius 3 is 2.58 bits per heavy atom. The summed E-state index contributed by atoms with van der Waals surface area (Å²) in [4.78, 5) is 24.3. The molecule has 0 radical (unpaired) electrons. The average molecular weight is 556 g/mol. The smallest absolute Gasteiger partial charge is 0.282 e. The number of benzene rings is 1. The fourth-order valence-electron chi connectivity index (χ4n) is 6.18. The molecule has 0 bridgehead atoms. The van der Waals surface area contributed by atoms with Crippen molar-refractivity contribution in [3.05, 3.63) is 35.9 Å². The van der Waals surface area contributed by atoms with Crippen molar-refractivity contribution in [2.24, 2.45) is 17.1 Å². The molecule has 1 aromatic carbocycles. The Balaban J connectivity index is 1.49. The molecule has 2 aliphatic rings. The average Bonchev–Trinajstić information content (AvgIpc) is 3.30. The minimum atomic E-state index is -0.501. The number of carbonyl (C=O) groups is 1. The van der Waals surface area contributed by atoms with Crippen LogP contribution in [0.25, 0.3) is 0 Å². The summed E-state index contributed by atoms with van der Waals surface area (Å²) in [6, 6.07) is 4.45. The molecule has 4 rings (SSSR count). The Morgan fingerprint density at radius 1 is 1.23 bits per heavy atom. The Morgan fingerprint density at radius 2 is 1.95 bits per heavy atom. The van der Waals surface area contributed by atoms with Gasteiger partial charge >= 0.3 is 0 Å². The SMILES string of the molecule is CCN(C(=O)c1cc(F)ccc1Oc1nncnc1N1CCC2(C1)CN(C(CCC(C)(C)N)C(C)C)C2)C(C)C. The first-order valence-corrected chi connectivity index (χ1v) is 14.6. The molecule has 2 aromatic rings. The number of carbonyl (C=O) groups excluding carboxylic acids is 1. The lowest BCUT2D eigenvalue weighted by Crippen LogP contribution is -2.62. The largest absolute Gasteiger partial charge is 0.434 e. The third kappa shape index (κ3) is 6.71. The lowest BCUT2D eigenvalue weighted by Gasteiger charge is -2.53. The Bertz CT molecular complexity index is 1180. The van der Waals surface area contributed by atoms with Crippen molar-refractivity contribution in [3.8, 4) is 11.6 Å². The van der Waals surface area contributed by atoms with E-state index in [9.17, 15) is 9.18 Å². The Labute approximate surface area is 238 Å². The zero-order chi connectivity index (χ0) is 29.2. The van der Waals surface area contributed by atoms with E-state index in [1.165, 1.54) is 24.5 Å². The number of nitrogens with zero attached hydrogens (tertiary/aromatic N) is 6. The number of anilines is 1. The van der Waals surface area contributed by atoms with Crippen molar-refractivity contribution in [2.75, 3.05) is 37.6 Å². The Kier molecular flexibility index (Phi) is 8.99. The second-order valence-electron chi connectivity index (χ2n) is 12.9. The molecule has 1 spiro atoms. The fraction of sp³-hybridized carbons (Fsp3) is 0.667. The first kappa shape index (κ1) is 30.1. The topological polar surface area (TPSA) is 101 Å². The normalized spacial score (nSPS) is 17.9. The lowest BCUT2D eigenvalue weighted by atomic mass is 9.76. The van der Waals surface area contributed by atoms with Gasteiger partial charge in [-0.05, 0) is 78.0 Å². The van der Waals surface area contributed by atoms with Crippen LogP contribution in [0.4, 0.5) is 10.2 Å². The molecule has 2 N–H and O–H groups in total. The second-order valence-corrected chi connectivity index (χ2v) is 12.9. The molecule has 1 aromatic heterocycles. The summed E-state index contributed by atoms with van der Waals surface area (Å²) < 4.78 is 20.4. The highest BCUT2D eigenvalue weighted by Gasteiger charge is 2.50. The van der Waals surface area contributed by atoms with Gasteiger partial charge in [0.1, 0.15) is 17.9 Å². The maximum atomic E-state index is 14.2. The van der Waals surface area contributed by atoms with Gasteiger partial charge in [-0.25, -0.2) is 9.37 Å². The van der Waals surface area contributed by atoms with Crippen LogP contribution in [0.5, 0.6) is 11.6 Å². The van der Waals surface area contributed by atoms with E-state index < -0.39 is 5.82 Å². The number of nitrogens with two attached hydrogens (primary N) is 1. The summed E-state index contributed by atoms with van der Waals surface area (Å²) in [5.74, 6) is 0.816. The predicted octanol–water partition coefficient (Wildman–Crippen LogP) is 4.73. The zero-order valence-corrected chi connectivity index (χ0v) is 25.2. The molecular weight excluding hydrogens is 509 g/mol. The van der Waals surface area contributed by atoms with Crippen LogP contribution in [0.3, 0.4) is 0 Å². The zero-order valence-electron chi connectivity index (χ0n) is 25.2. The molecule has 1 atom stereocenters. The van der Waals surface area contributed by atoms with E-state index in [0.29, 0.717) is 24.3 Å². The number of rotatable bonds is 11. The van der Waals surface area contributed by atoms with E-state index in [4.69, 9.17) is 10.5 Å². The first-order valence-electron chi connectivity index (χ1n) is 14.6. The molecule has 220 valence electrons. The number of hydrogen-bond donors (Lipinski definition) is 1. The minimum Gasteiger partial charge on any atom is -0.434 e. The van der Waals surface area contributed by atoms with Crippen LogP contribution in [-0.2, 0) is 0 Å². The molecule has 0 aliphatic carbocycles. The van der Waals surface area contributed by atoms with Gasteiger partial charge < -0.3 is 20.3 Å². The van der Waals surface area contributed by atoms with Crippen molar-refractivity contribution < 1.29 is 13.9 Å². The monoisotopic (exact) mass is 555 g/mol. The molecule has 1 unspecified atom stereocenters. The second kappa shape index (κ2) is 11.9. The standard InChI is InChI=1S/C30H46FN7O2/c1-8-38(21(4)5)28(39)23-15-22(31)9-10-25(23)40-27-26(33-19-34-35-27)36-14-13-30(16-36)17-37(18-30)24(20(2)3)11-12-29(6,7)32/h9-10,15,19-21,24H,8,11-14,16-18,32H2,1-7H3. The van der Waals surface area contributed by atoms with E-state index in [1.54, 1.807) is 4.90 Å². The fourth-order valence-corrected chi connectivity index (χ4v) is 6.18. The summed E-state index contributed by atoms with van der Waals surface area (Å²) in [6.07, 6.45) is 4.57. The van der Waals surface area contributed by atoms with Gasteiger partial charge in [0.2, 0.25) is 0 Å². The minimum absolute atomic E-state index is 0.0396. The van der Waals surface area contributed by atoms with Crippen molar-refractivity contribution in [3.63, 3.8) is 0 Å². The first-order chi connectivity index (χ1) is 18.8. The van der Waals surface area contributed by atoms with E-state index in [-0.39, 0.29) is 40.1 Å². The highest BCUT2D eigenvalue weighted by molar-refractivity contribution is 5.97. The summed E-state index contributed by atoms with van der Waals surface area (Å²) in [7, 11) is 0. The molecular formula is C30H46FN7O2. The third-order valence-corrected chi connectivity index (χ3v) is 8.31. The van der Waals surface area contributed by atoms with Gasteiger partial charge in [0.15, 0.2) is 5.82 Å². The van der Waals surface area contributed by atoms with Crippen LogP contribution in [0, 0.1) is 17.2 Å². The highest BCUT2D eigenvalue weighted by atomic mass is 19.1. The van der Waals surface area contributed by atoms with Crippen LogP contribution in [0.2, 0.25) is 0 Å². The number of amides is 1. The number of halogens is 1. The van der Waals surface area contributed by atoms with E-state index in [1.807, 2.05) is 20.8 Å². The van der Waals surface area contributed by atoms with Gasteiger partial charge in [0, 0.05) is 55.8 Å². The molecule has 1 amide bonds. The molecule has 3 heterocycles. The quantitative estimate of drug-likeness (QED) is 0.425. The summed E-state index contributed by atoms with van der Waals surface area (Å²) in [5, 5.41) is 8.18. The van der Waals surface area contributed by atoms with E-state index in [2.05, 4.69) is 52.7 Å². The van der Waals surface area contributed by atoms with Gasteiger partial charge in [0.05, 0.1) is 5.56 Å². The summed E-state index contributed by atoms with van der Waals surface area (Å²) in [5.41, 5.74) is 6.48. The van der Waals surface area contributed by atoms with E-state index in [0.717, 1.165) is 45.4 Å². The lowest BCUT2D eigenvalue weighted by molar-refractivity contribution is -0.0351. The van der Waals surface area contributed by atoms with Crippen LogP contribution < -0.4 is 15.4 Å². The van der Waals surface area contributed by atoms with E-state index >= 15 is 0 Å². The third-order valence-electron chi connectivity index (χ3n) is 8.31. The molecule has 9 nitrogen and oxygen atoms in total. The summed E-state index contributed by atoms with van der Waals surface area (Å²) in [6.45, 7) is 18.8. The molecule has 10 heteroatoms. The number of aromatic nitrogens is 3. The van der Waals surface area contributed by atoms with Crippen LogP contribution in [0.15, 0.2) is 24.5 Å². The maximum absolute atomic E-state index is 14.2. The predicted molar refractivity (Wildman–Crippen MR) is 155 cm³/mol. The van der Waals surface area contributed by atoms with Gasteiger partial charge in [-0.1, -0.05) is 13.8 Å². The van der Waals surface area contributed by atoms with Crippen LogP contribution in [-0.4, -0.2) is 81.2 Å². The van der Waals surface area contributed by atoms with Crippen molar-refractivity contribution in [1.29, 1.82) is 0 Å². The van der Waals surface area contributed by atoms with Gasteiger partial charge in [-0.3, -0.25) is 9.69 Å². The van der Waals surface area contributed by atoms with Gasteiger partial charge in [-0.15, -0.1) is 10.2 Å². The molecule has 2 aliphatic heterocycles. The molecule has 2 fully saturated rings. The molecule has 2 saturated heterocycles. The molecule has 0 saturated carbocycles. The van der Waals surface area contributed by atoms with Gasteiger partial charge in [0.25, 0.3) is 11.8 Å². The molecule has 40 heavy (non-hydrogen) atoms. The van der Waals surface area contributed by atoms with Crippen LogP contribution >= 0.6 is 0 Å². The maximum Gasteiger partial charge on any atom is 0.282 e. The number of likely N-dealkylation sites (tertiary alicyclic amines) is 1. The van der Waals surface area contributed by atoms with Crippen LogP contribution in [0.1, 0.15) is 78.1 Å². The van der Waals surface area contributed by atoms with Gasteiger partial charge in [-0.2, -0.15) is 0 Å². The highest BCUT2D eigenvalue weighted by Crippen LogP contribution is 2.44.